The molecule has 0 radical (unpaired) electrons. The molecule has 0 unspecified atom stereocenters. The van der Waals surface area contributed by atoms with E-state index in [-0.39, 0.29) is 19.0 Å². The van der Waals surface area contributed by atoms with Gasteiger partial charge in [0.05, 0.1) is 6.42 Å². The van der Waals surface area contributed by atoms with Gasteiger partial charge in [0.1, 0.15) is 0 Å². The minimum absolute atomic E-state index is 0.0297. The number of hydrogen-bond donors (Lipinski definition) is 0. The Labute approximate surface area is 133 Å². The fraction of sp³-hybridized carbons (Fsp3) is 0.214. The van der Waals surface area contributed by atoms with Gasteiger partial charge in [0.15, 0.2) is 6.61 Å². The molecule has 0 aliphatic heterocycles. The van der Waals surface area contributed by atoms with Gasteiger partial charge < -0.3 is 9.26 Å². The molecule has 0 bridgehead atoms. The number of halogens is 1. The van der Waals surface area contributed by atoms with Crippen molar-refractivity contribution in [3.63, 3.8) is 0 Å². The van der Waals surface area contributed by atoms with E-state index in [0.29, 0.717) is 11.7 Å². The first-order valence-electron chi connectivity index (χ1n) is 6.22. The van der Waals surface area contributed by atoms with Gasteiger partial charge in [-0.15, -0.1) is 11.3 Å². The molecule has 0 atom stereocenters. The number of hydrogen-bond acceptors (Lipinski definition) is 6. The molecule has 0 N–H and O–H groups in total. The molecule has 5 nitrogen and oxygen atoms in total. The van der Waals surface area contributed by atoms with Crippen LogP contribution in [-0.2, 0) is 22.6 Å². The maximum absolute atomic E-state index is 11.9. The van der Waals surface area contributed by atoms with E-state index in [9.17, 15) is 4.79 Å². The molecule has 2 heterocycles. The number of esters is 1. The van der Waals surface area contributed by atoms with Crippen LogP contribution in [0.1, 0.15) is 17.3 Å². The van der Waals surface area contributed by atoms with E-state index in [4.69, 9.17) is 9.26 Å². The van der Waals surface area contributed by atoms with Gasteiger partial charge in [-0.05, 0) is 34.5 Å². The van der Waals surface area contributed by atoms with Gasteiger partial charge >= 0.3 is 5.97 Å². The summed E-state index contributed by atoms with van der Waals surface area (Å²) in [6.07, 6.45) is 0.229. The van der Waals surface area contributed by atoms with Crippen LogP contribution in [0.3, 0.4) is 0 Å². The van der Waals surface area contributed by atoms with Crippen LogP contribution in [0.25, 0.3) is 10.1 Å². The van der Waals surface area contributed by atoms with Crippen LogP contribution in [-0.4, -0.2) is 16.1 Å². The molecule has 3 rings (SSSR count). The summed E-state index contributed by atoms with van der Waals surface area (Å²) in [6, 6.07) is 6.03. The Balaban J connectivity index is 1.67. The minimum Gasteiger partial charge on any atom is -0.457 e. The molecular formula is C14H11BrN2O3S. The summed E-state index contributed by atoms with van der Waals surface area (Å²) in [7, 11) is 0. The number of rotatable bonds is 4. The summed E-state index contributed by atoms with van der Waals surface area (Å²) in [5.74, 6) is 0.519. The maximum Gasteiger partial charge on any atom is 0.310 e. The van der Waals surface area contributed by atoms with Gasteiger partial charge in [0.2, 0.25) is 11.7 Å². The Bertz CT molecular complexity index is 796. The first-order chi connectivity index (χ1) is 10.1. The molecule has 2 aromatic heterocycles. The number of ether oxygens (including phenoxy) is 1. The van der Waals surface area contributed by atoms with E-state index >= 15 is 0 Å². The molecule has 108 valence electrons. The summed E-state index contributed by atoms with van der Waals surface area (Å²) in [4.78, 5) is 15.9. The third-order valence-electron chi connectivity index (χ3n) is 2.88. The van der Waals surface area contributed by atoms with Crippen LogP contribution >= 0.6 is 27.3 Å². The van der Waals surface area contributed by atoms with Gasteiger partial charge in [0.25, 0.3) is 0 Å². The smallest absolute Gasteiger partial charge is 0.310 e. The Morgan fingerprint density at radius 3 is 3.10 bits per heavy atom. The fourth-order valence-corrected chi connectivity index (χ4v) is 3.25. The molecule has 1 aromatic carbocycles. The van der Waals surface area contributed by atoms with Crippen molar-refractivity contribution < 1.29 is 14.1 Å². The lowest BCUT2D eigenvalue weighted by atomic mass is 10.1. The van der Waals surface area contributed by atoms with Crippen molar-refractivity contribution in [1.29, 1.82) is 0 Å². The second-order valence-electron chi connectivity index (χ2n) is 4.47. The predicted octanol–water partition coefficient (Wildman–Crippen LogP) is 3.64. The standard InChI is InChI=1S/C14H11BrN2O3S/c1-8-16-13(17-20-8)6-19-14(18)4-9-7-21-12-3-2-10(15)5-11(9)12/h2-3,5,7H,4,6H2,1H3. The Morgan fingerprint density at radius 1 is 1.48 bits per heavy atom. The van der Waals surface area contributed by atoms with E-state index in [0.717, 1.165) is 20.1 Å². The highest BCUT2D eigenvalue weighted by Crippen LogP contribution is 2.29. The quantitative estimate of drug-likeness (QED) is 0.659. The Kier molecular flexibility index (Phi) is 4.03. The van der Waals surface area contributed by atoms with Crippen molar-refractivity contribution in [2.24, 2.45) is 0 Å². The summed E-state index contributed by atoms with van der Waals surface area (Å²) in [5.41, 5.74) is 0.964. The second kappa shape index (κ2) is 5.95. The number of carbonyl (C=O) groups excluding carboxylic acids is 1. The third-order valence-corrected chi connectivity index (χ3v) is 4.39. The maximum atomic E-state index is 11.9. The monoisotopic (exact) mass is 366 g/mol. The van der Waals surface area contributed by atoms with E-state index < -0.39 is 0 Å². The SMILES string of the molecule is Cc1nc(COC(=O)Cc2csc3ccc(Br)cc23)no1. The van der Waals surface area contributed by atoms with Crippen molar-refractivity contribution in [2.45, 2.75) is 20.0 Å². The van der Waals surface area contributed by atoms with E-state index in [1.807, 2.05) is 23.6 Å². The minimum atomic E-state index is -0.308. The van der Waals surface area contributed by atoms with Crippen LogP contribution in [0.2, 0.25) is 0 Å². The molecule has 0 saturated carbocycles. The van der Waals surface area contributed by atoms with Gasteiger partial charge in [-0.3, -0.25) is 4.79 Å². The molecule has 0 spiro atoms. The average molecular weight is 367 g/mol. The highest BCUT2D eigenvalue weighted by molar-refractivity contribution is 9.10. The molecule has 0 aliphatic rings. The average Bonchev–Trinajstić information content (AvgIpc) is 3.04. The van der Waals surface area contributed by atoms with Crippen LogP contribution < -0.4 is 0 Å². The van der Waals surface area contributed by atoms with Crippen LogP contribution in [0, 0.1) is 6.92 Å². The topological polar surface area (TPSA) is 65.2 Å². The molecule has 0 amide bonds. The normalized spacial score (nSPS) is 11.0. The molecule has 0 aliphatic carbocycles. The lowest BCUT2D eigenvalue weighted by molar-refractivity contribution is -0.144. The lowest BCUT2D eigenvalue weighted by Crippen LogP contribution is -2.08. The van der Waals surface area contributed by atoms with Crippen molar-refractivity contribution in [3.8, 4) is 0 Å². The molecule has 7 heteroatoms. The van der Waals surface area contributed by atoms with E-state index in [1.165, 1.54) is 0 Å². The van der Waals surface area contributed by atoms with Crippen molar-refractivity contribution in [3.05, 3.63) is 45.3 Å². The number of benzene rings is 1. The number of carbonyl (C=O) groups is 1. The largest absolute Gasteiger partial charge is 0.457 e. The van der Waals surface area contributed by atoms with E-state index in [2.05, 4.69) is 26.1 Å². The lowest BCUT2D eigenvalue weighted by Gasteiger charge is -2.02. The third kappa shape index (κ3) is 3.30. The fourth-order valence-electron chi connectivity index (χ4n) is 1.94. The molecule has 0 fully saturated rings. The summed E-state index contributed by atoms with van der Waals surface area (Å²) in [5, 5.41) is 6.73. The molecule has 21 heavy (non-hydrogen) atoms. The number of aryl methyl sites for hydroxylation is 1. The van der Waals surface area contributed by atoms with Crippen LogP contribution in [0.15, 0.2) is 32.6 Å². The van der Waals surface area contributed by atoms with Crippen LogP contribution in [0.4, 0.5) is 0 Å². The summed E-state index contributed by atoms with van der Waals surface area (Å²) < 4.78 is 12.1. The van der Waals surface area contributed by atoms with Crippen molar-refractivity contribution in [1.82, 2.24) is 10.1 Å². The summed E-state index contributed by atoms with van der Waals surface area (Å²) in [6.45, 7) is 1.72. The molecule has 3 aromatic rings. The van der Waals surface area contributed by atoms with Gasteiger partial charge in [-0.25, -0.2) is 0 Å². The molecule has 0 saturated heterocycles. The first-order valence-corrected chi connectivity index (χ1v) is 7.89. The second-order valence-corrected chi connectivity index (χ2v) is 6.30. The van der Waals surface area contributed by atoms with Gasteiger partial charge in [-0.2, -0.15) is 4.98 Å². The Hall–Kier alpha value is -1.73. The number of aromatic nitrogens is 2. The van der Waals surface area contributed by atoms with Crippen LogP contribution in [0.5, 0.6) is 0 Å². The number of fused-ring (bicyclic) bond motifs is 1. The summed E-state index contributed by atoms with van der Waals surface area (Å²) >= 11 is 5.06. The highest BCUT2D eigenvalue weighted by atomic mass is 79.9. The zero-order valence-electron chi connectivity index (χ0n) is 11.1. The highest BCUT2D eigenvalue weighted by Gasteiger charge is 2.12. The zero-order chi connectivity index (χ0) is 14.8. The zero-order valence-corrected chi connectivity index (χ0v) is 13.5. The number of thiophene rings is 1. The predicted molar refractivity (Wildman–Crippen MR) is 82.1 cm³/mol. The number of nitrogens with zero attached hydrogens (tertiary/aromatic N) is 2. The first kappa shape index (κ1) is 14.2. The van der Waals surface area contributed by atoms with Crippen molar-refractivity contribution in [2.75, 3.05) is 0 Å². The molecular weight excluding hydrogens is 356 g/mol. The van der Waals surface area contributed by atoms with Crippen molar-refractivity contribution >= 4 is 43.3 Å². The van der Waals surface area contributed by atoms with Gasteiger partial charge in [-0.1, -0.05) is 21.1 Å². The van der Waals surface area contributed by atoms with Gasteiger partial charge in [0, 0.05) is 16.1 Å². The van der Waals surface area contributed by atoms with E-state index in [1.54, 1.807) is 18.3 Å². The Morgan fingerprint density at radius 2 is 2.33 bits per heavy atom.